The first-order chi connectivity index (χ1) is 11.5. The average molecular weight is 329 g/mol. The lowest BCUT2D eigenvalue weighted by Crippen LogP contribution is -2.45. The topological polar surface area (TPSA) is 78.5 Å². The van der Waals surface area contributed by atoms with Gasteiger partial charge in [0.1, 0.15) is 6.04 Å². The molecular weight excluding hydrogens is 306 g/mol. The fraction of sp³-hybridized carbons (Fsp3) is 0.389. The van der Waals surface area contributed by atoms with Crippen LogP contribution in [0, 0.1) is 0 Å². The standard InChI is InChI=1S/C18H23N3O3/c1-3-16(22)19-12-14-6-8-15(9-7-14)17(23)20-13(2)18(24)21-10-4-5-11-21/h3,6-9,13H,1,4-5,10-12H2,2H3,(H,19,22)(H,20,23)/t13-/m0/s1. The SMILES string of the molecule is C=CC(=O)NCc1ccc(C(=O)N[C@@H](C)C(=O)N2CCCC2)cc1. The highest BCUT2D eigenvalue weighted by Gasteiger charge is 2.24. The number of nitrogens with zero attached hydrogens (tertiary/aromatic N) is 1. The second kappa shape index (κ2) is 8.29. The average Bonchev–Trinajstić information content (AvgIpc) is 3.13. The fourth-order valence-electron chi connectivity index (χ4n) is 2.59. The Morgan fingerprint density at radius 1 is 1.21 bits per heavy atom. The van der Waals surface area contributed by atoms with E-state index in [0.29, 0.717) is 12.1 Å². The Morgan fingerprint density at radius 2 is 1.83 bits per heavy atom. The van der Waals surface area contributed by atoms with Crippen LogP contribution < -0.4 is 10.6 Å². The summed E-state index contributed by atoms with van der Waals surface area (Å²) >= 11 is 0. The highest BCUT2D eigenvalue weighted by molar-refractivity contribution is 5.97. The molecule has 1 heterocycles. The first-order valence-electron chi connectivity index (χ1n) is 8.10. The predicted molar refractivity (Wildman–Crippen MR) is 91.2 cm³/mol. The van der Waals surface area contributed by atoms with E-state index in [2.05, 4.69) is 17.2 Å². The Labute approximate surface area is 141 Å². The van der Waals surface area contributed by atoms with Crippen LogP contribution in [0.5, 0.6) is 0 Å². The number of nitrogens with one attached hydrogen (secondary N) is 2. The van der Waals surface area contributed by atoms with Crippen LogP contribution in [0.15, 0.2) is 36.9 Å². The molecule has 0 aliphatic carbocycles. The molecule has 2 rings (SSSR count). The summed E-state index contributed by atoms with van der Waals surface area (Å²) in [6.07, 6.45) is 3.26. The van der Waals surface area contributed by atoms with Crippen LogP contribution in [0.2, 0.25) is 0 Å². The van der Waals surface area contributed by atoms with E-state index in [9.17, 15) is 14.4 Å². The molecule has 1 aromatic carbocycles. The van der Waals surface area contributed by atoms with Gasteiger partial charge in [0.25, 0.3) is 5.91 Å². The maximum absolute atomic E-state index is 12.2. The number of benzene rings is 1. The van der Waals surface area contributed by atoms with Crippen LogP contribution in [-0.4, -0.2) is 41.8 Å². The van der Waals surface area contributed by atoms with E-state index in [1.807, 2.05) is 0 Å². The van der Waals surface area contributed by atoms with Gasteiger partial charge < -0.3 is 15.5 Å². The Hall–Kier alpha value is -2.63. The molecule has 0 aromatic heterocycles. The highest BCUT2D eigenvalue weighted by Crippen LogP contribution is 2.10. The molecule has 1 atom stereocenters. The van der Waals surface area contributed by atoms with Crippen molar-refractivity contribution in [1.82, 2.24) is 15.5 Å². The second-order valence-electron chi connectivity index (χ2n) is 5.85. The third-order valence-electron chi connectivity index (χ3n) is 4.00. The molecule has 3 amide bonds. The number of likely N-dealkylation sites (tertiary alicyclic amines) is 1. The van der Waals surface area contributed by atoms with Crippen LogP contribution in [0.4, 0.5) is 0 Å². The largest absolute Gasteiger partial charge is 0.348 e. The molecule has 1 aromatic rings. The molecule has 6 heteroatoms. The summed E-state index contributed by atoms with van der Waals surface area (Å²) in [5.41, 5.74) is 1.36. The van der Waals surface area contributed by atoms with Gasteiger partial charge in [-0.3, -0.25) is 14.4 Å². The van der Waals surface area contributed by atoms with Crippen molar-refractivity contribution in [1.29, 1.82) is 0 Å². The number of carbonyl (C=O) groups is 3. The lowest BCUT2D eigenvalue weighted by molar-refractivity contribution is -0.131. The summed E-state index contributed by atoms with van der Waals surface area (Å²) in [6.45, 7) is 7.00. The number of amides is 3. The van der Waals surface area contributed by atoms with E-state index in [-0.39, 0.29) is 17.7 Å². The molecule has 1 aliphatic heterocycles. The van der Waals surface area contributed by atoms with Crippen molar-refractivity contribution >= 4 is 17.7 Å². The molecule has 6 nitrogen and oxygen atoms in total. The van der Waals surface area contributed by atoms with Gasteiger partial charge in [-0.2, -0.15) is 0 Å². The maximum atomic E-state index is 12.2. The van der Waals surface area contributed by atoms with Crippen molar-refractivity contribution in [3.05, 3.63) is 48.0 Å². The zero-order valence-corrected chi connectivity index (χ0v) is 13.9. The molecule has 128 valence electrons. The Morgan fingerprint density at radius 3 is 2.42 bits per heavy atom. The van der Waals surface area contributed by atoms with E-state index >= 15 is 0 Å². The summed E-state index contributed by atoms with van der Waals surface area (Å²) in [5, 5.41) is 5.41. The van der Waals surface area contributed by atoms with Crippen molar-refractivity contribution in [2.45, 2.75) is 32.4 Å². The lowest BCUT2D eigenvalue weighted by Gasteiger charge is -2.21. The highest BCUT2D eigenvalue weighted by atomic mass is 16.2. The monoisotopic (exact) mass is 329 g/mol. The van der Waals surface area contributed by atoms with Crippen molar-refractivity contribution in [2.24, 2.45) is 0 Å². The van der Waals surface area contributed by atoms with E-state index < -0.39 is 6.04 Å². The third-order valence-corrected chi connectivity index (χ3v) is 4.00. The van der Waals surface area contributed by atoms with Crippen molar-refractivity contribution < 1.29 is 14.4 Å². The minimum atomic E-state index is -0.540. The van der Waals surface area contributed by atoms with Crippen molar-refractivity contribution in [3.63, 3.8) is 0 Å². The first kappa shape index (κ1) is 17.7. The molecule has 2 N–H and O–H groups in total. The molecule has 1 saturated heterocycles. The molecule has 0 unspecified atom stereocenters. The Bertz CT molecular complexity index is 619. The van der Waals surface area contributed by atoms with E-state index in [1.165, 1.54) is 6.08 Å². The van der Waals surface area contributed by atoms with Gasteiger partial charge in [-0.1, -0.05) is 18.7 Å². The van der Waals surface area contributed by atoms with Crippen LogP contribution in [0.1, 0.15) is 35.7 Å². The summed E-state index contributed by atoms with van der Waals surface area (Å²) in [4.78, 5) is 37.4. The minimum Gasteiger partial charge on any atom is -0.348 e. The predicted octanol–water partition coefficient (Wildman–Crippen LogP) is 1.23. The normalized spacial score (nSPS) is 14.8. The molecule has 0 saturated carbocycles. The van der Waals surface area contributed by atoms with Gasteiger partial charge in [0.05, 0.1) is 0 Å². The van der Waals surface area contributed by atoms with E-state index in [1.54, 1.807) is 36.1 Å². The van der Waals surface area contributed by atoms with Crippen LogP contribution in [0.3, 0.4) is 0 Å². The zero-order chi connectivity index (χ0) is 17.5. The Kier molecular flexibility index (Phi) is 6.12. The molecule has 24 heavy (non-hydrogen) atoms. The van der Waals surface area contributed by atoms with E-state index in [0.717, 1.165) is 31.5 Å². The molecule has 1 aliphatic rings. The summed E-state index contributed by atoms with van der Waals surface area (Å²) in [5.74, 6) is -0.563. The zero-order valence-electron chi connectivity index (χ0n) is 13.9. The van der Waals surface area contributed by atoms with Crippen molar-refractivity contribution in [2.75, 3.05) is 13.1 Å². The summed E-state index contributed by atoms with van der Waals surface area (Å²) < 4.78 is 0. The van der Waals surface area contributed by atoms with Crippen LogP contribution in [0.25, 0.3) is 0 Å². The molecule has 1 fully saturated rings. The minimum absolute atomic E-state index is 0.0374. The van der Waals surface area contributed by atoms with Gasteiger partial charge in [0.2, 0.25) is 11.8 Å². The van der Waals surface area contributed by atoms with Gasteiger partial charge in [-0.25, -0.2) is 0 Å². The molecule has 0 spiro atoms. The smallest absolute Gasteiger partial charge is 0.251 e. The quantitative estimate of drug-likeness (QED) is 0.771. The Balaban J connectivity index is 1.88. The second-order valence-corrected chi connectivity index (χ2v) is 5.85. The summed E-state index contributed by atoms with van der Waals surface area (Å²) in [6, 6.07) is 6.36. The maximum Gasteiger partial charge on any atom is 0.251 e. The summed E-state index contributed by atoms with van der Waals surface area (Å²) in [7, 11) is 0. The molecule has 0 bridgehead atoms. The van der Waals surface area contributed by atoms with E-state index in [4.69, 9.17) is 0 Å². The van der Waals surface area contributed by atoms with Crippen molar-refractivity contribution in [3.8, 4) is 0 Å². The van der Waals surface area contributed by atoms with Gasteiger partial charge in [0, 0.05) is 25.2 Å². The molecular formula is C18H23N3O3. The number of carbonyl (C=O) groups excluding carboxylic acids is 3. The van der Waals surface area contributed by atoms with Gasteiger partial charge in [0.15, 0.2) is 0 Å². The number of rotatable bonds is 6. The molecule has 0 radical (unpaired) electrons. The lowest BCUT2D eigenvalue weighted by atomic mass is 10.1. The number of hydrogen-bond acceptors (Lipinski definition) is 3. The van der Waals surface area contributed by atoms with Gasteiger partial charge in [-0.05, 0) is 43.5 Å². The van der Waals surface area contributed by atoms with Crippen LogP contribution >= 0.6 is 0 Å². The first-order valence-corrected chi connectivity index (χ1v) is 8.10. The van der Waals surface area contributed by atoms with Crippen LogP contribution in [-0.2, 0) is 16.1 Å². The van der Waals surface area contributed by atoms with Gasteiger partial charge >= 0.3 is 0 Å². The van der Waals surface area contributed by atoms with Gasteiger partial charge in [-0.15, -0.1) is 0 Å². The fourth-order valence-corrected chi connectivity index (χ4v) is 2.59. The third kappa shape index (κ3) is 4.68. The number of hydrogen-bond donors (Lipinski definition) is 2.